The molecule has 40 heavy (non-hydrogen) atoms. The van der Waals surface area contributed by atoms with Crippen molar-refractivity contribution in [2.45, 2.75) is 76.6 Å². The van der Waals surface area contributed by atoms with Crippen LogP contribution in [0.5, 0.6) is 0 Å². The normalized spacial score (nSPS) is 22.9. The molecular weight excluding hydrogens is 573 g/mol. The van der Waals surface area contributed by atoms with Crippen LogP contribution >= 0.6 is 23.2 Å². The monoisotopic (exact) mass is 607 g/mol. The molecule has 11 heteroatoms. The quantitative estimate of drug-likeness (QED) is 0.337. The predicted octanol–water partition coefficient (Wildman–Crippen LogP) is 5.97. The van der Waals surface area contributed by atoms with Gasteiger partial charge in [-0.25, -0.2) is 13.2 Å². The Bertz CT molecular complexity index is 1530. The first kappa shape index (κ1) is 30.3. The van der Waals surface area contributed by atoms with Crippen LogP contribution in [0.2, 0.25) is 10.0 Å². The van der Waals surface area contributed by atoms with Crippen molar-refractivity contribution in [2.24, 2.45) is 5.41 Å². The summed E-state index contributed by atoms with van der Waals surface area (Å²) in [5.41, 5.74) is 0.721. The second kappa shape index (κ2) is 11.3. The lowest BCUT2D eigenvalue weighted by Crippen LogP contribution is -2.58. The smallest absolute Gasteiger partial charge is 0.331 e. The van der Waals surface area contributed by atoms with Crippen LogP contribution < -0.4 is 5.76 Å². The number of piperidine rings is 1. The van der Waals surface area contributed by atoms with Crippen molar-refractivity contribution in [3.8, 4) is 0 Å². The Labute approximate surface area is 245 Å². The van der Waals surface area contributed by atoms with Crippen molar-refractivity contribution in [3.63, 3.8) is 0 Å². The molecule has 0 bridgehead atoms. The molecule has 0 aliphatic carbocycles. The molecule has 0 radical (unpaired) electrons. The van der Waals surface area contributed by atoms with Gasteiger partial charge < -0.3 is 4.90 Å². The van der Waals surface area contributed by atoms with Crippen LogP contribution in [-0.4, -0.2) is 45.9 Å². The highest BCUT2D eigenvalue weighted by Gasteiger charge is 2.52. The first-order valence-corrected chi connectivity index (χ1v) is 15.7. The van der Waals surface area contributed by atoms with E-state index in [9.17, 15) is 18.0 Å². The average molecular weight is 609 g/mol. The molecule has 1 saturated heterocycles. The van der Waals surface area contributed by atoms with Gasteiger partial charge in [0.2, 0.25) is 5.91 Å². The number of carbonyl (C=O) groups is 1. The number of aromatic nitrogens is 2. The van der Waals surface area contributed by atoms with Crippen LogP contribution in [0.25, 0.3) is 0 Å². The van der Waals surface area contributed by atoms with Crippen LogP contribution in [0, 0.1) is 5.41 Å². The van der Waals surface area contributed by atoms with E-state index in [1.165, 1.54) is 0 Å². The van der Waals surface area contributed by atoms with Gasteiger partial charge in [0.15, 0.2) is 15.7 Å². The van der Waals surface area contributed by atoms with E-state index in [0.29, 0.717) is 22.9 Å². The van der Waals surface area contributed by atoms with Crippen molar-refractivity contribution in [1.82, 2.24) is 15.0 Å². The van der Waals surface area contributed by atoms with Crippen molar-refractivity contribution in [3.05, 3.63) is 86.1 Å². The largest absolute Gasteiger partial charge is 0.438 e. The van der Waals surface area contributed by atoms with Gasteiger partial charge in [-0.05, 0) is 69.0 Å². The van der Waals surface area contributed by atoms with Crippen molar-refractivity contribution >= 4 is 38.9 Å². The number of amides is 1. The summed E-state index contributed by atoms with van der Waals surface area (Å²) >= 11 is 12.7. The van der Waals surface area contributed by atoms with E-state index >= 15 is 0 Å². The molecule has 1 amide bonds. The molecule has 2 heterocycles. The molecular formula is C29H35Cl2N3O5S. The van der Waals surface area contributed by atoms with E-state index in [1.807, 2.05) is 44.2 Å². The lowest BCUT2D eigenvalue weighted by molar-refractivity contribution is -0.154. The van der Waals surface area contributed by atoms with Gasteiger partial charge in [-0.2, -0.15) is 0 Å². The maximum atomic E-state index is 14.6. The Morgan fingerprint density at radius 1 is 1.10 bits per heavy atom. The van der Waals surface area contributed by atoms with Crippen molar-refractivity contribution in [1.29, 1.82) is 0 Å². The van der Waals surface area contributed by atoms with Gasteiger partial charge in [-0.3, -0.25) is 14.3 Å². The zero-order valence-corrected chi connectivity index (χ0v) is 25.6. The Hall–Kier alpha value is -2.62. The number of benzene rings is 2. The molecule has 1 fully saturated rings. The summed E-state index contributed by atoms with van der Waals surface area (Å²) in [6, 6.07) is 13.7. The number of halogens is 2. The second-order valence-electron chi connectivity index (χ2n) is 11.8. The van der Waals surface area contributed by atoms with Gasteiger partial charge in [0.1, 0.15) is 0 Å². The van der Waals surface area contributed by atoms with Crippen molar-refractivity contribution in [2.75, 3.05) is 5.75 Å². The molecule has 0 saturated carbocycles. The second-order valence-corrected chi connectivity index (χ2v) is 15.5. The SMILES string of the molecule is CCC(CS(=O)(=O)C(C)(C)C)N1C(=O)C(C)(Cc2noc(=O)[nH]2)CC(c2cccc(Cl)c2)C1c1ccc(Cl)cc1. The fraction of sp³-hybridized carbons (Fsp3) is 0.483. The molecule has 8 nitrogen and oxygen atoms in total. The molecule has 4 atom stereocenters. The number of H-pyrrole nitrogens is 1. The third-order valence-electron chi connectivity index (χ3n) is 7.84. The predicted molar refractivity (Wildman–Crippen MR) is 156 cm³/mol. The highest BCUT2D eigenvalue weighted by molar-refractivity contribution is 7.92. The molecule has 4 rings (SSSR count). The van der Waals surface area contributed by atoms with Gasteiger partial charge >= 0.3 is 5.76 Å². The number of likely N-dealkylation sites (tertiary alicyclic amines) is 1. The van der Waals surface area contributed by atoms with Crippen LogP contribution in [0.4, 0.5) is 0 Å². The minimum atomic E-state index is -3.59. The van der Waals surface area contributed by atoms with E-state index in [4.69, 9.17) is 27.7 Å². The highest BCUT2D eigenvalue weighted by Crippen LogP contribution is 2.52. The molecule has 216 valence electrons. The van der Waals surface area contributed by atoms with E-state index in [1.54, 1.807) is 43.9 Å². The number of carbonyl (C=O) groups excluding carboxylic acids is 1. The number of aromatic amines is 1. The molecule has 0 spiro atoms. The number of rotatable bonds is 8. The van der Waals surface area contributed by atoms with E-state index in [2.05, 4.69) is 10.1 Å². The third kappa shape index (κ3) is 6.16. The van der Waals surface area contributed by atoms with Gasteiger partial charge in [-0.15, -0.1) is 0 Å². The molecule has 4 unspecified atom stereocenters. The van der Waals surface area contributed by atoms with E-state index < -0.39 is 37.8 Å². The van der Waals surface area contributed by atoms with E-state index in [-0.39, 0.29) is 29.8 Å². The number of sulfone groups is 1. The fourth-order valence-electron chi connectivity index (χ4n) is 5.55. The zero-order chi connectivity index (χ0) is 29.5. The number of nitrogens with one attached hydrogen (secondary N) is 1. The topological polar surface area (TPSA) is 113 Å². The van der Waals surface area contributed by atoms with Crippen LogP contribution in [0.3, 0.4) is 0 Å². The summed E-state index contributed by atoms with van der Waals surface area (Å²) in [6.45, 7) is 8.73. The molecule has 1 aliphatic rings. The van der Waals surface area contributed by atoms with Crippen LogP contribution in [0.1, 0.15) is 76.4 Å². The maximum Gasteiger partial charge on any atom is 0.438 e. The molecule has 1 aromatic heterocycles. The van der Waals surface area contributed by atoms with E-state index in [0.717, 1.165) is 11.1 Å². The number of hydrogen-bond donors (Lipinski definition) is 1. The lowest BCUT2D eigenvalue weighted by atomic mass is 9.67. The molecule has 3 aromatic rings. The van der Waals surface area contributed by atoms with Gasteiger partial charge in [0, 0.05) is 28.4 Å². The molecule has 1 aliphatic heterocycles. The molecule has 1 N–H and O–H groups in total. The minimum absolute atomic E-state index is 0.112. The number of hydrogen-bond acceptors (Lipinski definition) is 6. The third-order valence-corrected chi connectivity index (χ3v) is 11.0. The molecule has 2 aromatic carbocycles. The Morgan fingerprint density at radius 3 is 2.33 bits per heavy atom. The first-order valence-electron chi connectivity index (χ1n) is 13.3. The first-order chi connectivity index (χ1) is 18.6. The average Bonchev–Trinajstić information content (AvgIpc) is 3.28. The summed E-state index contributed by atoms with van der Waals surface area (Å²) < 4.78 is 30.7. The van der Waals surface area contributed by atoms with Gasteiger partial charge in [0.05, 0.1) is 22.0 Å². The Kier molecular flexibility index (Phi) is 8.60. The summed E-state index contributed by atoms with van der Waals surface area (Å²) in [5.74, 6) is -1.11. The van der Waals surface area contributed by atoms with Crippen LogP contribution in [0.15, 0.2) is 57.8 Å². The van der Waals surface area contributed by atoms with Gasteiger partial charge in [-0.1, -0.05) is 66.5 Å². The summed E-state index contributed by atoms with van der Waals surface area (Å²) in [7, 11) is -3.59. The van der Waals surface area contributed by atoms with Crippen molar-refractivity contribution < 1.29 is 17.7 Å². The fourth-order valence-corrected chi connectivity index (χ4v) is 7.28. The Balaban J connectivity index is 1.93. The van der Waals surface area contributed by atoms with Gasteiger partial charge in [0.25, 0.3) is 0 Å². The maximum absolute atomic E-state index is 14.6. The summed E-state index contributed by atoms with van der Waals surface area (Å²) in [6.07, 6.45) is 0.929. The summed E-state index contributed by atoms with van der Waals surface area (Å²) in [5, 5.41) is 4.94. The Morgan fingerprint density at radius 2 is 1.77 bits per heavy atom. The summed E-state index contributed by atoms with van der Waals surface area (Å²) in [4.78, 5) is 30.6. The standard InChI is InChI=1S/C29H35Cl2N3O5S/c1-6-22(17-40(37,38)28(2,3)4)34-25(18-10-12-20(30)13-11-18)23(19-8-7-9-21(31)14-19)15-29(5,26(34)35)16-24-32-27(36)39-33-24/h7-14,22-23,25H,6,15-17H2,1-5H3,(H,32,33,36). The number of nitrogens with zero attached hydrogens (tertiary/aromatic N) is 2. The minimum Gasteiger partial charge on any atom is -0.331 e. The lowest BCUT2D eigenvalue weighted by Gasteiger charge is -2.52. The highest BCUT2D eigenvalue weighted by atomic mass is 35.5. The van der Waals surface area contributed by atoms with Crippen LogP contribution in [-0.2, 0) is 21.1 Å². The zero-order valence-electron chi connectivity index (χ0n) is 23.3.